The monoisotopic (exact) mass is 405 g/mol. The number of fused-ring (bicyclic) bond motifs is 1. The zero-order valence-corrected chi connectivity index (χ0v) is 15.2. The number of amides is 1. The second-order valence-corrected chi connectivity index (χ2v) is 7.23. The van der Waals surface area contributed by atoms with Crippen molar-refractivity contribution in [2.45, 2.75) is 18.2 Å². The van der Waals surface area contributed by atoms with Crippen LogP contribution < -0.4 is 0 Å². The maximum absolute atomic E-state index is 12.6. The summed E-state index contributed by atoms with van der Waals surface area (Å²) in [5.74, 6) is 3.02. The summed E-state index contributed by atoms with van der Waals surface area (Å²) in [6.07, 6.45) is -1.14. The van der Waals surface area contributed by atoms with Gasteiger partial charge in [-0.15, -0.1) is 6.42 Å². The first-order chi connectivity index (χ1) is 13.8. The summed E-state index contributed by atoms with van der Waals surface area (Å²) in [4.78, 5) is 13.2. The molecule has 1 aliphatic carbocycles. The summed E-state index contributed by atoms with van der Waals surface area (Å²) >= 11 is 0. The molecule has 2 heterocycles. The summed E-state index contributed by atoms with van der Waals surface area (Å²) in [6, 6.07) is 9.30. The maximum Gasteiger partial charge on any atom is 0.427 e. The molecule has 6 nitrogen and oxygen atoms in total. The second kappa shape index (κ2) is 7.12. The quantitative estimate of drug-likeness (QED) is 0.794. The minimum Gasteiger partial charge on any atom is -0.434 e. The highest BCUT2D eigenvalue weighted by atomic mass is 19.4. The molecule has 1 aliphatic heterocycles. The number of likely N-dealkylation sites (tertiary alicyclic amines) is 1. The topological polar surface area (TPSA) is 67.6 Å². The van der Waals surface area contributed by atoms with E-state index in [2.05, 4.69) is 15.8 Å². The van der Waals surface area contributed by atoms with Crippen LogP contribution >= 0.6 is 0 Å². The molecule has 2 aliphatic rings. The lowest BCUT2D eigenvalue weighted by atomic mass is 10.2. The van der Waals surface area contributed by atoms with E-state index in [-0.39, 0.29) is 17.8 Å². The molecule has 1 amide bonds. The molecule has 0 unspecified atom stereocenters. The third-order valence-electron chi connectivity index (χ3n) is 5.48. The number of rotatable bonds is 4. The Morgan fingerprint density at radius 1 is 1.28 bits per heavy atom. The van der Waals surface area contributed by atoms with Crippen molar-refractivity contribution in [1.82, 2.24) is 14.7 Å². The van der Waals surface area contributed by atoms with Gasteiger partial charge in [-0.3, -0.25) is 0 Å². The fraction of sp³-hybridized carbons (Fsp3) is 0.400. The summed E-state index contributed by atoms with van der Waals surface area (Å²) in [5.41, 5.74) is 2.53. The number of aromatic nitrogens is 2. The summed E-state index contributed by atoms with van der Waals surface area (Å²) in [5, 5.41) is 13.4. The van der Waals surface area contributed by atoms with Gasteiger partial charge < -0.3 is 14.7 Å². The molecule has 4 atom stereocenters. The van der Waals surface area contributed by atoms with Crippen LogP contribution in [-0.2, 0) is 4.74 Å². The lowest BCUT2D eigenvalue weighted by Gasteiger charge is -2.24. The predicted octanol–water partition coefficient (Wildman–Crippen LogP) is 2.56. The van der Waals surface area contributed by atoms with E-state index in [0.717, 1.165) is 16.9 Å². The van der Waals surface area contributed by atoms with E-state index in [1.54, 1.807) is 4.68 Å². The SMILES string of the molecule is C#Cc1ccc(-n2ccc([C@H]3[C@@H]4CN(C(=O)O[C@H](CO)C(F)(F)F)C[C@@H]43)n2)cc1. The van der Waals surface area contributed by atoms with Crippen molar-refractivity contribution in [2.24, 2.45) is 11.8 Å². The van der Waals surface area contributed by atoms with Crippen LogP contribution in [0.1, 0.15) is 17.2 Å². The Labute approximate surface area is 164 Å². The minimum absolute atomic E-state index is 0.146. The van der Waals surface area contributed by atoms with E-state index < -0.39 is 25.0 Å². The number of nitrogens with zero attached hydrogens (tertiary/aromatic N) is 3. The lowest BCUT2D eigenvalue weighted by Crippen LogP contribution is -2.42. The molecule has 1 saturated carbocycles. The minimum atomic E-state index is -4.79. The number of terminal acetylenes is 1. The Morgan fingerprint density at radius 2 is 1.93 bits per heavy atom. The van der Waals surface area contributed by atoms with Crippen LogP contribution in [0.3, 0.4) is 0 Å². The van der Waals surface area contributed by atoms with Gasteiger partial charge in [0.2, 0.25) is 6.10 Å². The number of halogens is 3. The molecule has 1 saturated heterocycles. The molecule has 0 spiro atoms. The first-order valence-electron chi connectivity index (χ1n) is 9.07. The largest absolute Gasteiger partial charge is 0.434 e. The van der Waals surface area contributed by atoms with Crippen LogP contribution in [0.2, 0.25) is 0 Å². The summed E-state index contributed by atoms with van der Waals surface area (Å²) in [7, 11) is 0. The summed E-state index contributed by atoms with van der Waals surface area (Å²) in [6.45, 7) is -0.667. The number of benzene rings is 1. The molecular weight excluding hydrogens is 387 g/mol. The molecule has 29 heavy (non-hydrogen) atoms. The van der Waals surface area contributed by atoms with E-state index in [0.29, 0.717) is 13.1 Å². The number of aliphatic hydroxyl groups is 1. The van der Waals surface area contributed by atoms with Gasteiger partial charge in [0.15, 0.2) is 0 Å². The van der Waals surface area contributed by atoms with Gasteiger partial charge in [-0.05, 0) is 42.2 Å². The maximum atomic E-state index is 12.6. The molecule has 152 valence electrons. The third-order valence-corrected chi connectivity index (χ3v) is 5.48. The fourth-order valence-corrected chi connectivity index (χ4v) is 3.89. The van der Waals surface area contributed by atoms with Crippen molar-refractivity contribution in [3.05, 3.63) is 47.8 Å². The number of hydrogen-bond acceptors (Lipinski definition) is 4. The zero-order valence-electron chi connectivity index (χ0n) is 15.2. The summed E-state index contributed by atoms with van der Waals surface area (Å²) < 4.78 is 44.1. The zero-order chi connectivity index (χ0) is 20.8. The Balaban J connectivity index is 1.35. The molecule has 4 rings (SSSR count). The average molecular weight is 405 g/mol. The molecule has 1 aromatic carbocycles. The molecule has 2 aromatic rings. The van der Waals surface area contributed by atoms with E-state index in [4.69, 9.17) is 11.5 Å². The standard InChI is InChI=1S/C20H18F3N3O3/c1-2-12-3-5-13(6-4-12)26-8-7-16(24-26)18-14-9-25(10-15(14)18)19(28)29-17(11-27)20(21,22)23/h1,3-8,14-15,17-18,27H,9-11H2/t14-,15+,17-,18+/m1/s1. The van der Waals surface area contributed by atoms with Crippen molar-refractivity contribution in [3.8, 4) is 18.0 Å². The molecule has 2 fully saturated rings. The normalized spacial score (nSPS) is 24.0. The molecule has 0 radical (unpaired) electrons. The van der Waals surface area contributed by atoms with Gasteiger partial charge in [0, 0.05) is 30.8 Å². The third kappa shape index (κ3) is 3.68. The van der Waals surface area contributed by atoms with Gasteiger partial charge in [-0.1, -0.05) is 5.92 Å². The lowest BCUT2D eigenvalue weighted by molar-refractivity contribution is -0.214. The van der Waals surface area contributed by atoms with Crippen molar-refractivity contribution in [2.75, 3.05) is 19.7 Å². The second-order valence-electron chi connectivity index (χ2n) is 7.23. The number of ether oxygens (including phenoxy) is 1. The molecule has 1 aromatic heterocycles. The number of piperidine rings is 1. The van der Waals surface area contributed by atoms with Gasteiger partial charge in [0.1, 0.15) is 0 Å². The molecule has 0 bridgehead atoms. The van der Waals surface area contributed by atoms with E-state index in [1.807, 2.05) is 36.5 Å². The van der Waals surface area contributed by atoms with Gasteiger partial charge in [0.25, 0.3) is 0 Å². The first kappa shape index (κ1) is 19.3. The number of carbonyl (C=O) groups is 1. The Bertz CT molecular complexity index is 936. The van der Waals surface area contributed by atoms with Crippen LogP contribution in [-0.4, -0.2) is 57.9 Å². The highest BCUT2D eigenvalue weighted by Crippen LogP contribution is 2.57. The van der Waals surface area contributed by atoms with E-state index >= 15 is 0 Å². The highest BCUT2D eigenvalue weighted by molar-refractivity contribution is 5.69. The average Bonchev–Trinajstić information content (AvgIpc) is 3.07. The van der Waals surface area contributed by atoms with Crippen LogP contribution in [0.25, 0.3) is 5.69 Å². The van der Waals surface area contributed by atoms with Crippen molar-refractivity contribution in [1.29, 1.82) is 0 Å². The predicted molar refractivity (Wildman–Crippen MR) is 96.2 cm³/mol. The van der Waals surface area contributed by atoms with Gasteiger partial charge in [-0.25, -0.2) is 9.48 Å². The number of carbonyl (C=O) groups excluding carboxylic acids is 1. The molecule has 9 heteroatoms. The first-order valence-corrected chi connectivity index (χ1v) is 9.07. The van der Waals surface area contributed by atoms with E-state index in [9.17, 15) is 18.0 Å². The molecular formula is C20H18F3N3O3. The Hall–Kier alpha value is -2.99. The van der Waals surface area contributed by atoms with Crippen LogP contribution in [0, 0.1) is 24.2 Å². The van der Waals surface area contributed by atoms with Crippen LogP contribution in [0.4, 0.5) is 18.0 Å². The van der Waals surface area contributed by atoms with Gasteiger partial charge in [-0.2, -0.15) is 18.3 Å². The number of hydrogen-bond donors (Lipinski definition) is 1. The smallest absolute Gasteiger partial charge is 0.427 e. The van der Waals surface area contributed by atoms with Gasteiger partial charge >= 0.3 is 12.3 Å². The van der Waals surface area contributed by atoms with Crippen molar-refractivity contribution < 1.29 is 27.8 Å². The van der Waals surface area contributed by atoms with E-state index in [1.165, 1.54) is 4.90 Å². The van der Waals surface area contributed by atoms with Crippen LogP contribution in [0.5, 0.6) is 0 Å². The van der Waals surface area contributed by atoms with Crippen LogP contribution in [0.15, 0.2) is 36.5 Å². The fourth-order valence-electron chi connectivity index (χ4n) is 3.89. The van der Waals surface area contributed by atoms with Crippen molar-refractivity contribution >= 4 is 6.09 Å². The van der Waals surface area contributed by atoms with Gasteiger partial charge in [0.05, 0.1) is 18.0 Å². The Morgan fingerprint density at radius 3 is 2.48 bits per heavy atom. The highest BCUT2D eigenvalue weighted by Gasteiger charge is 2.59. The Kier molecular flexibility index (Phi) is 4.74. The number of alkyl halides is 3. The number of aliphatic hydroxyl groups excluding tert-OH is 1. The molecule has 1 N–H and O–H groups in total. The van der Waals surface area contributed by atoms with Crippen molar-refractivity contribution in [3.63, 3.8) is 0 Å².